The Bertz CT molecular complexity index is 1180. The van der Waals surface area contributed by atoms with E-state index in [4.69, 9.17) is 0 Å². The monoisotopic (exact) mass is 490 g/mol. The standard InChI is InChI=1S/C26H18Se2/c1-3-7-21-17(5-1)9-11-19-13-15-23(25(19)21)27-28-24-16-14-20-12-10-18-6-2-4-8-22(18)26(20)24/h1-16,23-24H. The van der Waals surface area contributed by atoms with Crippen molar-refractivity contribution in [2.24, 2.45) is 0 Å². The molecule has 6 rings (SSSR count). The van der Waals surface area contributed by atoms with Crippen molar-refractivity contribution in [2.75, 3.05) is 0 Å². The van der Waals surface area contributed by atoms with Gasteiger partial charge in [0, 0.05) is 0 Å². The van der Waals surface area contributed by atoms with Crippen LogP contribution in [0, 0.1) is 0 Å². The minimum atomic E-state index is 0.590. The fourth-order valence-corrected chi connectivity index (χ4v) is 13.1. The molecule has 0 bridgehead atoms. The second kappa shape index (κ2) is 6.76. The summed E-state index contributed by atoms with van der Waals surface area (Å²) in [5, 5.41) is 5.63. The van der Waals surface area contributed by atoms with Gasteiger partial charge in [-0.1, -0.05) is 0 Å². The Labute approximate surface area is 176 Å². The normalized spacial score (nSPS) is 19.4. The summed E-state index contributed by atoms with van der Waals surface area (Å²) in [5.41, 5.74) is 5.99. The van der Waals surface area contributed by atoms with E-state index in [0.29, 0.717) is 35.9 Å². The molecule has 2 heteroatoms. The zero-order valence-electron chi connectivity index (χ0n) is 15.2. The maximum absolute atomic E-state index is 2.46. The van der Waals surface area contributed by atoms with Crippen LogP contribution in [-0.2, 0) is 0 Å². The molecule has 0 saturated heterocycles. The van der Waals surface area contributed by atoms with Crippen LogP contribution in [-0.4, -0.2) is 26.3 Å². The Morgan fingerprint density at radius 3 is 1.46 bits per heavy atom. The first-order valence-electron chi connectivity index (χ1n) is 9.60. The Balaban J connectivity index is 1.33. The first-order valence-corrected chi connectivity index (χ1v) is 15.9. The average Bonchev–Trinajstić information content (AvgIpc) is 3.36. The summed E-state index contributed by atoms with van der Waals surface area (Å²) in [6.07, 6.45) is 9.61. The topological polar surface area (TPSA) is 0 Å². The molecule has 134 valence electrons. The summed E-state index contributed by atoms with van der Waals surface area (Å²) >= 11 is 1.18. The third kappa shape index (κ3) is 2.65. The molecule has 0 nitrogen and oxygen atoms in total. The molecule has 0 spiro atoms. The first kappa shape index (κ1) is 16.8. The van der Waals surface area contributed by atoms with Gasteiger partial charge in [0.15, 0.2) is 0 Å². The van der Waals surface area contributed by atoms with Crippen molar-refractivity contribution in [3.05, 3.63) is 107 Å². The van der Waals surface area contributed by atoms with Gasteiger partial charge < -0.3 is 0 Å². The van der Waals surface area contributed by atoms with Crippen LogP contribution in [0.2, 0.25) is 0 Å². The summed E-state index contributed by atoms with van der Waals surface area (Å²) in [6.45, 7) is 0. The quantitative estimate of drug-likeness (QED) is 0.304. The molecule has 4 aromatic carbocycles. The summed E-state index contributed by atoms with van der Waals surface area (Å²) in [4.78, 5) is 1.22. The van der Waals surface area contributed by atoms with Crippen molar-refractivity contribution in [1.29, 1.82) is 0 Å². The van der Waals surface area contributed by atoms with Crippen LogP contribution in [0.15, 0.2) is 84.9 Å². The van der Waals surface area contributed by atoms with Gasteiger partial charge in [-0.05, 0) is 0 Å². The molecular weight excluding hydrogens is 470 g/mol. The molecule has 0 aromatic heterocycles. The SMILES string of the molecule is C1=CC([Se][Se]C2C=Cc3ccc4ccccc4c32)c2c1ccc1ccccc21. The number of allylic oxidation sites excluding steroid dienone is 2. The van der Waals surface area contributed by atoms with E-state index in [2.05, 4.69) is 97.1 Å². The Morgan fingerprint density at radius 2 is 0.964 bits per heavy atom. The molecule has 0 aliphatic heterocycles. The van der Waals surface area contributed by atoms with E-state index in [1.165, 1.54) is 32.7 Å². The maximum atomic E-state index is 2.46. The third-order valence-corrected chi connectivity index (χ3v) is 14.2. The van der Waals surface area contributed by atoms with Crippen molar-refractivity contribution in [3.63, 3.8) is 0 Å². The Morgan fingerprint density at radius 1 is 0.500 bits per heavy atom. The summed E-state index contributed by atoms with van der Waals surface area (Å²) in [5.74, 6) is 0. The van der Waals surface area contributed by atoms with E-state index >= 15 is 0 Å². The van der Waals surface area contributed by atoms with E-state index in [1.807, 2.05) is 0 Å². The molecule has 0 heterocycles. The molecule has 0 fully saturated rings. The van der Waals surface area contributed by atoms with Crippen molar-refractivity contribution < 1.29 is 0 Å². The van der Waals surface area contributed by atoms with Crippen LogP contribution in [0.1, 0.15) is 31.9 Å². The Hall–Kier alpha value is -2.08. The van der Waals surface area contributed by atoms with Crippen LogP contribution < -0.4 is 0 Å². The Kier molecular flexibility index (Phi) is 4.07. The van der Waals surface area contributed by atoms with Gasteiger partial charge in [0.05, 0.1) is 0 Å². The molecule has 2 aliphatic rings. The van der Waals surface area contributed by atoms with E-state index in [9.17, 15) is 0 Å². The predicted octanol–water partition coefficient (Wildman–Crippen LogP) is 6.15. The van der Waals surface area contributed by atoms with Crippen LogP contribution >= 0.6 is 0 Å². The molecule has 2 aliphatic carbocycles. The third-order valence-electron chi connectivity index (χ3n) is 5.74. The van der Waals surface area contributed by atoms with Crippen molar-refractivity contribution >= 4 is 60.0 Å². The van der Waals surface area contributed by atoms with Gasteiger partial charge in [0.2, 0.25) is 0 Å². The van der Waals surface area contributed by atoms with Gasteiger partial charge in [-0.3, -0.25) is 0 Å². The minimum absolute atomic E-state index is 0.590. The molecule has 0 radical (unpaired) electrons. The zero-order chi connectivity index (χ0) is 18.5. The van der Waals surface area contributed by atoms with Crippen LogP contribution in [0.5, 0.6) is 0 Å². The summed E-state index contributed by atoms with van der Waals surface area (Å²) < 4.78 is 0. The molecule has 0 saturated carbocycles. The number of hydrogen-bond acceptors (Lipinski definition) is 0. The molecule has 0 N–H and O–H groups in total. The van der Waals surface area contributed by atoms with Gasteiger partial charge in [-0.2, -0.15) is 0 Å². The van der Waals surface area contributed by atoms with Gasteiger partial charge in [0.1, 0.15) is 0 Å². The van der Waals surface area contributed by atoms with E-state index < -0.39 is 0 Å². The van der Waals surface area contributed by atoms with Crippen molar-refractivity contribution in [2.45, 2.75) is 9.63 Å². The molecule has 0 amide bonds. The summed E-state index contributed by atoms with van der Waals surface area (Å²) in [7, 11) is 0. The first-order chi connectivity index (χ1) is 13.9. The fourth-order valence-electron chi connectivity index (χ4n) is 4.41. The van der Waals surface area contributed by atoms with Gasteiger partial charge in [-0.15, -0.1) is 0 Å². The fraction of sp³-hybridized carbons (Fsp3) is 0.0769. The van der Waals surface area contributed by atoms with Gasteiger partial charge in [-0.25, -0.2) is 0 Å². The number of benzene rings is 4. The van der Waals surface area contributed by atoms with E-state index in [-0.39, 0.29) is 0 Å². The van der Waals surface area contributed by atoms with Crippen molar-refractivity contribution in [1.82, 2.24) is 0 Å². The van der Waals surface area contributed by atoms with E-state index in [1.54, 1.807) is 11.1 Å². The molecule has 28 heavy (non-hydrogen) atoms. The molecular formula is C26H18Se2. The molecule has 4 aromatic rings. The zero-order valence-corrected chi connectivity index (χ0v) is 18.6. The van der Waals surface area contributed by atoms with Crippen LogP contribution in [0.25, 0.3) is 33.7 Å². The van der Waals surface area contributed by atoms with Gasteiger partial charge >= 0.3 is 177 Å². The number of fused-ring (bicyclic) bond motifs is 6. The van der Waals surface area contributed by atoms with Crippen LogP contribution in [0.3, 0.4) is 0 Å². The second-order valence-electron chi connectivity index (χ2n) is 7.33. The van der Waals surface area contributed by atoms with Gasteiger partial charge in [0.25, 0.3) is 0 Å². The average molecular weight is 488 g/mol. The second-order valence-corrected chi connectivity index (χ2v) is 14.5. The van der Waals surface area contributed by atoms with Crippen molar-refractivity contribution in [3.8, 4) is 0 Å². The van der Waals surface area contributed by atoms with E-state index in [0.717, 1.165) is 0 Å². The predicted molar refractivity (Wildman–Crippen MR) is 123 cm³/mol. The number of hydrogen-bond donors (Lipinski definition) is 0. The molecule has 2 atom stereocenters. The molecule has 2 unspecified atom stereocenters. The summed E-state index contributed by atoms with van der Waals surface area (Å²) in [6, 6.07) is 26.9. The number of rotatable bonds is 3. The van der Waals surface area contributed by atoms with Crippen LogP contribution in [0.4, 0.5) is 0 Å².